The zero-order valence-electron chi connectivity index (χ0n) is 9.14. The molecule has 2 rings (SSSR count). The predicted octanol–water partition coefficient (Wildman–Crippen LogP) is 2.39. The number of nitrogens with zero attached hydrogens (tertiary/aromatic N) is 1. The van der Waals surface area contributed by atoms with E-state index >= 15 is 0 Å². The van der Waals surface area contributed by atoms with Crippen molar-refractivity contribution < 1.29 is 18.0 Å². The number of hydrogen-bond donors (Lipinski definition) is 1. The Morgan fingerprint density at radius 1 is 1.47 bits per heavy atom. The van der Waals surface area contributed by atoms with Crippen LogP contribution in [0.1, 0.15) is 46.1 Å². The number of halogens is 3. The van der Waals surface area contributed by atoms with Gasteiger partial charge in [-0.2, -0.15) is 13.2 Å². The molecule has 0 saturated heterocycles. The molecule has 0 spiro atoms. The van der Waals surface area contributed by atoms with E-state index in [2.05, 4.69) is 4.98 Å². The van der Waals surface area contributed by atoms with Gasteiger partial charge in [0, 0.05) is 11.6 Å². The molecular weight excluding hydrogens is 233 g/mol. The lowest BCUT2D eigenvalue weighted by Crippen LogP contribution is -2.22. The Balaban J connectivity index is 2.68. The fourth-order valence-electron chi connectivity index (χ4n) is 1.83. The van der Waals surface area contributed by atoms with Crippen LogP contribution in [0.15, 0.2) is 6.07 Å². The molecule has 1 fully saturated rings. The van der Waals surface area contributed by atoms with Crippen LogP contribution in [0, 0.1) is 6.92 Å². The van der Waals surface area contributed by atoms with Gasteiger partial charge in [0.25, 0.3) is 5.91 Å². The highest BCUT2D eigenvalue weighted by Crippen LogP contribution is 2.43. The number of hydrogen-bond acceptors (Lipinski definition) is 2. The number of pyridine rings is 1. The lowest BCUT2D eigenvalue weighted by atomic mass is 10.0. The van der Waals surface area contributed by atoms with Crippen LogP contribution in [0.3, 0.4) is 0 Å². The minimum Gasteiger partial charge on any atom is -0.366 e. The fourth-order valence-corrected chi connectivity index (χ4v) is 1.83. The summed E-state index contributed by atoms with van der Waals surface area (Å²) in [5, 5.41) is 0. The number of aromatic nitrogens is 1. The van der Waals surface area contributed by atoms with E-state index in [0.29, 0.717) is 0 Å². The van der Waals surface area contributed by atoms with Gasteiger partial charge in [-0.15, -0.1) is 0 Å². The topological polar surface area (TPSA) is 56.0 Å². The van der Waals surface area contributed by atoms with Crippen LogP contribution < -0.4 is 5.73 Å². The van der Waals surface area contributed by atoms with E-state index in [1.807, 2.05) is 0 Å². The van der Waals surface area contributed by atoms with E-state index in [4.69, 9.17) is 5.73 Å². The molecule has 1 aromatic rings. The summed E-state index contributed by atoms with van der Waals surface area (Å²) in [6, 6.07) is 0.867. The highest BCUT2D eigenvalue weighted by Gasteiger charge is 2.39. The Morgan fingerprint density at radius 2 is 2.06 bits per heavy atom. The molecule has 0 aromatic carbocycles. The van der Waals surface area contributed by atoms with E-state index < -0.39 is 23.2 Å². The van der Waals surface area contributed by atoms with Crippen molar-refractivity contribution in [1.29, 1.82) is 0 Å². The van der Waals surface area contributed by atoms with Gasteiger partial charge in [0.05, 0.1) is 16.8 Å². The van der Waals surface area contributed by atoms with E-state index in [0.717, 1.165) is 18.9 Å². The number of carbonyl (C=O) groups is 1. The third-order valence-corrected chi connectivity index (χ3v) is 2.69. The van der Waals surface area contributed by atoms with Gasteiger partial charge in [-0.3, -0.25) is 9.78 Å². The van der Waals surface area contributed by atoms with Crippen LogP contribution in [-0.2, 0) is 6.18 Å². The maximum absolute atomic E-state index is 12.8. The van der Waals surface area contributed by atoms with Gasteiger partial charge in [0.2, 0.25) is 0 Å². The van der Waals surface area contributed by atoms with Gasteiger partial charge < -0.3 is 5.73 Å². The Labute approximate surface area is 95.8 Å². The summed E-state index contributed by atoms with van der Waals surface area (Å²) in [6.07, 6.45) is -3.07. The SMILES string of the molecule is Cc1cc(C(F)(F)F)c(C(N)=O)c(C2CC2)n1. The molecule has 1 aliphatic carbocycles. The van der Waals surface area contributed by atoms with Gasteiger partial charge >= 0.3 is 6.18 Å². The number of alkyl halides is 3. The number of aryl methyl sites for hydroxylation is 1. The van der Waals surface area contributed by atoms with Crippen molar-refractivity contribution in [2.24, 2.45) is 5.73 Å². The maximum Gasteiger partial charge on any atom is 0.417 e. The Kier molecular flexibility index (Phi) is 2.60. The summed E-state index contributed by atoms with van der Waals surface area (Å²) in [5.41, 5.74) is 4.06. The quantitative estimate of drug-likeness (QED) is 0.868. The molecule has 0 radical (unpaired) electrons. The largest absolute Gasteiger partial charge is 0.417 e. The average Bonchev–Trinajstić information content (AvgIpc) is 2.97. The highest BCUT2D eigenvalue weighted by molar-refractivity contribution is 5.96. The number of amides is 1. The molecule has 0 bridgehead atoms. The molecule has 2 N–H and O–H groups in total. The van der Waals surface area contributed by atoms with Crippen molar-refractivity contribution in [2.75, 3.05) is 0 Å². The minimum absolute atomic E-state index is 0.0569. The van der Waals surface area contributed by atoms with Gasteiger partial charge in [-0.25, -0.2) is 0 Å². The molecule has 3 nitrogen and oxygen atoms in total. The summed E-state index contributed by atoms with van der Waals surface area (Å²) in [4.78, 5) is 15.2. The number of nitrogens with two attached hydrogens (primary N) is 1. The monoisotopic (exact) mass is 244 g/mol. The Bertz CT molecular complexity index is 478. The molecule has 92 valence electrons. The first-order valence-electron chi connectivity index (χ1n) is 5.19. The van der Waals surface area contributed by atoms with Crippen LogP contribution in [0.2, 0.25) is 0 Å². The third kappa shape index (κ3) is 2.25. The lowest BCUT2D eigenvalue weighted by Gasteiger charge is -2.14. The molecule has 0 atom stereocenters. The van der Waals surface area contributed by atoms with Crippen molar-refractivity contribution in [2.45, 2.75) is 31.9 Å². The molecule has 1 amide bonds. The van der Waals surface area contributed by atoms with Crippen molar-refractivity contribution >= 4 is 5.91 Å². The van der Waals surface area contributed by atoms with E-state index in [9.17, 15) is 18.0 Å². The molecule has 6 heteroatoms. The van der Waals surface area contributed by atoms with E-state index in [-0.39, 0.29) is 17.3 Å². The highest BCUT2D eigenvalue weighted by atomic mass is 19.4. The predicted molar refractivity (Wildman–Crippen MR) is 54.5 cm³/mol. The first-order valence-corrected chi connectivity index (χ1v) is 5.19. The summed E-state index contributed by atoms with van der Waals surface area (Å²) in [7, 11) is 0. The Hall–Kier alpha value is -1.59. The van der Waals surface area contributed by atoms with Crippen molar-refractivity contribution in [3.05, 3.63) is 28.6 Å². The summed E-state index contributed by atoms with van der Waals surface area (Å²) in [6.45, 7) is 1.48. The molecule has 1 aliphatic rings. The van der Waals surface area contributed by atoms with Gasteiger partial charge in [-0.05, 0) is 25.8 Å². The van der Waals surface area contributed by atoms with Crippen LogP contribution in [0.4, 0.5) is 13.2 Å². The number of rotatable bonds is 2. The standard InChI is InChI=1S/C11H11F3N2O/c1-5-4-7(11(12,13)14)8(10(15)17)9(16-5)6-2-3-6/h4,6H,2-3H2,1H3,(H2,15,17). The van der Waals surface area contributed by atoms with Crippen molar-refractivity contribution in [1.82, 2.24) is 4.98 Å². The van der Waals surface area contributed by atoms with Crippen LogP contribution in [0.25, 0.3) is 0 Å². The second-order valence-corrected chi connectivity index (χ2v) is 4.21. The lowest BCUT2D eigenvalue weighted by molar-refractivity contribution is -0.138. The maximum atomic E-state index is 12.8. The van der Waals surface area contributed by atoms with E-state index in [1.54, 1.807) is 0 Å². The minimum atomic E-state index is -4.58. The van der Waals surface area contributed by atoms with Crippen LogP contribution in [0.5, 0.6) is 0 Å². The zero-order chi connectivity index (χ0) is 12.8. The third-order valence-electron chi connectivity index (χ3n) is 2.69. The molecular formula is C11H11F3N2O. The van der Waals surface area contributed by atoms with E-state index in [1.165, 1.54) is 6.92 Å². The normalized spacial score (nSPS) is 16.0. The molecule has 0 aliphatic heterocycles. The Morgan fingerprint density at radius 3 is 2.47 bits per heavy atom. The first-order chi connectivity index (χ1) is 7.80. The summed E-state index contributed by atoms with van der Waals surface area (Å²) in [5.74, 6) is -1.12. The summed E-state index contributed by atoms with van der Waals surface area (Å²) >= 11 is 0. The van der Waals surface area contributed by atoms with Crippen LogP contribution in [-0.4, -0.2) is 10.9 Å². The molecule has 0 unspecified atom stereocenters. The van der Waals surface area contributed by atoms with Crippen molar-refractivity contribution in [3.8, 4) is 0 Å². The van der Waals surface area contributed by atoms with Crippen LogP contribution >= 0.6 is 0 Å². The average molecular weight is 244 g/mol. The van der Waals surface area contributed by atoms with Gasteiger partial charge in [-0.1, -0.05) is 0 Å². The molecule has 1 aromatic heterocycles. The summed E-state index contributed by atoms with van der Waals surface area (Å²) < 4.78 is 38.5. The zero-order valence-corrected chi connectivity index (χ0v) is 9.14. The smallest absolute Gasteiger partial charge is 0.366 e. The second kappa shape index (κ2) is 3.72. The second-order valence-electron chi connectivity index (χ2n) is 4.21. The molecule has 1 heterocycles. The molecule has 1 saturated carbocycles. The first kappa shape index (κ1) is 11.9. The number of primary amides is 1. The van der Waals surface area contributed by atoms with Gasteiger partial charge in [0.1, 0.15) is 0 Å². The van der Waals surface area contributed by atoms with Gasteiger partial charge in [0.15, 0.2) is 0 Å². The number of carbonyl (C=O) groups excluding carboxylic acids is 1. The van der Waals surface area contributed by atoms with Crippen molar-refractivity contribution in [3.63, 3.8) is 0 Å². The molecule has 17 heavy (non-hydrogen) atoms. The fraction of sp³-hybridized carbons (Fsp3) is 0.455.